The number of aliphatic hydroxyl groups excluding tert-OH is 1. The number of rotatable bonds is 3. The third kappa shape index (κ3) is 2.55. The minimum Gasteiger partial charge on any atom is -0.501 e. The number of furan rings is 1. The number of hydrogen-bond acceptors (Lipinski definition) is 7. The first-order valence-corrected chi connectivity index (χ1v) is 8.24. The Kier molecular flexibility index (Phi) is 4.01. The molecule has 0 amide bonds. The Morgan fingerprint density at radius 2 is 2.07 bits per heavy atom. The van der Waals surface area contributed by atoms with Crippen LogP contribution in [0.25, 0.3) is 11.4 Å². The number of aromatic nitrogens is 2. The molecule has 1 aliphatic carbocycles. The maximum Gasteiger partial charge on any atom is 0.297 e. The Balaban J connectivity index is 2.02. The molecule has 9 heteroatoms. The number of hydrogen-bond donors (Lipinski definition) is 1. The minimum atomic E-state index is -0.873. The lowest BCUT2D eigenvalue weighted by Gasteiger charge is -2.22. The molecule has 4 rings (SSSR count). The fraction of sp³-hybridized carbons (Fsp3) is 0.105. The van der Waals surface area contributed by atoms with Crippen molar-refractivity contribution >= 4 is 5.76 Å². The van der Waals surface area contributed by atoms with Crippen molar-refractivity contribution < 1.29 is 14.4 Å². The van der Waals surface area contributed by atoms with Crippen LogP contribution < -0.4 is 5.56 Å². The molecule has 0 radical (unpaired) electrons. The molecule has 0 saturated carbocycles. The predicted molar refractivity (Wildman–Crippen MR) is 96.2 cm³/mol. The van der Waals surface area contributed by atoms with E-state index in [9.17, 15) is 25.3 Å². The summed E-state index contributed by atoms with van der Waals surface area (Å²) in [4.78, 5) is 23.8. The van der Waals surface area contributed by atoms with Gasteiger partial charge in [0.1, 0.15) is 17.3 Å². The molecule has 2 heterocycles. The van der Waals surface area contributed by atoms with Crippen LogP contribution in [0, 0.1) is 21.4 Å². The molecule has 9 nitrogen and oxygen atoms in total. The molecule has 0 spiro atoms. The molecular weight excluding hydrogens is 364 g/mol. The summed E-state index contributed by atoms with van der Waals surface area (Å²) >= 11 is 0. The number of nitrogens with zero attached hydrogens (tertiary/aromatic N) is 4. The highest BCUT2D eigenvalue weighted by Gasteiger charge is 2.40. The second-order valence-electron chi connectivity index (χ2n) is 6.17. The van der Waals surface area contributed by atoms with E-state index < -0.39 is 27.9 Å². The quantitative estimate of drug-likeness (QED) is 0.548. The van der Waals surface area contributed by atoms with Crippen LogP contribution in [0.4, 0.5) is 0 Å². The molecule has 2 aromatic heterocycles. The zero-order valence-electron chi connectivity index (χ0n) is 14.3. The van der Waals surface area contributed by atoms with Gasteiger partial charge in [-0.25, -0.2) is 0 Å². The van der Waals surface area contributed by atoms with Crippen LogP contribution in [0.1, 0.15) is 28.3 Å². The lowest BCUT2D eigenvalue weighted by atomic mass is 9.83. The fourth-order valence-electron chi connectivity index (χ4n) is 3.36. The maximum absolute atomic E-state index is 12.8. The van der Waals surface area contributed by atoms with Gasteiger partial charge in [-0.3, -0.25) is 14.9 Å². The van der Waals surface area contributed by atoms with Crippen LogP contribution >= 0.6 is 0 Å². The number of para-hydroxylation sites is 1. The van der Waals surface area contributed by atoms with Gasteiger partial charge in [-0.1, -0.05) is 18.2 Å². The van der Waals surface area contributed by atoms with Crippen molar-refractivity contribution in [1.29, 1.82) is 5.26 Å². The highest BCUT2D eigenvalue weighted by molar-refractivity contribution is 5.67. The second-order valence-corrected chi connectivity index (χ2v) is 6.17. The van der Waals surface area contributed by atoms with Gasteiger partial charge in [0.2, 0.25) is 5.76 Å². The van der Waals surface area contributed by atoms with Crippen molar-refractivity contribution in [3.63, 3.8) is 0 Å². The summed E-state index contributed by atoms with van der Waals surface area (Å²) in [6.07, 6.45) is 2.66. The third-order valence-corrected chi connectivity index (χ3v) is 4.65. The van der Waals surface area contributed by atoms with Gasteiger partial charge in [0.15, 0.2) is 0 Å². The molecule has 1 unspecified atom stereocenters. The second kappa shape index (κ2) is 6.51. The predicted octanol–water partition coefficient (Wildman–Crippen LogP) is 2.54. The van der Waals surface area contributed by atoms with Gasteiger partial charge in [-0.15, -0.1) is 0 Å². The average molecular weight is 376 g/mol. The molecule has 1 aromatic carbocycles. The van der Waals surface area contributed by atoms with E-state index in [-0.39, 0.29) is 23.2 Å². The van der Waals surface area contributed by atoms with E-state index in [1.807, 2.05) is 6.07 Å². The molecule has 3 aromatic rings. The van der Waals surface area contributed by atoms with Gasteiger partial charge in [-0.05, 0) is 24.6 Å². The number of benzene rings is 1. The van der Waals surface area contributed by atoms with Crippen LogP contribution in [0.2, 0.25) is 0 Å². The first-order chi connectivity index (χ1) is 13.5. The van der Waals surface area contributed by atoms with Crippen LogP contribution in [0.5, 0.6) is 0 Å². The molecule has 138 valence electrons. The van der Waals surface area contributed by atoms with E-state index >= 15 is 0 Å². The largest absolute Gasteiger partial charge is 0.501 e. The highest BCUT2D eigenvalue weighted by Crippen LogP contribution is 2.39. The fourth-order valence-corrected chi connectivity index (χ4v) is 3.36. The molecule has 28 heavy (non-hydrogen) atoms. The van der Waals surface area contributed by atoms with Crippen LogP contribution in [0.15, 0.2) is 63.8 Å². The van der Waals surface area contributed by atoms with Crippen LogP contribution in [-0.2, 0) is 6.42 Å². The van der Waals surface area contributed by atoms with E-state index in [0.29, 0.717) is 11.3 Å². The maximum atomic E-state index is 12.8. The summed E-state index contributed by atoms with van der Waals surface area (Å²) in [5.41, 5.74) is -0.463. The van der Waals surface area contributed by atoms with Crippen molar-refractivity contribution in [1.82, 2.24) is 9.78 Å². The monoisotopic (exact) mass is 376 g/mol. The highest BCUT2D eigenvalue weighted by atomic mass is 16.6. The van der Waals surface area contributed by atoms with Gasteiger partial charge >= 0.3 is 0 Å². The number of aliphatic hydroxyl groups is 1. The van der Waals surface area contributed by atoms with Gasteiger partial charge in [-0.2, -0.15) is 15.0 Å². The van der Waals surface area contributed by atoms with Gasteiger partial charge < -0.3 is 9.52 Å². The van der Waals surface area contributed by atoms with Gasteiger partial charge in [0.05, 0.1) is 29.1 Å². The van der Waals surface area contributed by atoms with Crippen LogP contribution in [0.3, 0.4) is 0 Å². The Labute approximate surface area is 157 Å². The topological polar surface area (TPSA) is 135 Å². The molecule has 1 aliphatic rings. The van der Waals surface area contributed by atoms with Crippen molar-refractivity contribution in [2.24, 2.45) is 0 Å². The van der Waals surface area contributed by atoms with Crippen molar-refractivity contribution in [3.05, 3.63) is 97.5 Å². The van der Waals surface area contributed by atoms with Crippen LogP contribution in [-0.4, -0.2) is 19.8 Å². The Bertz CT molecular complexity index is 1200. The SMILES string of the molecule is N#Cc1c2c(nn(-c3ccccc3)c1=O)C(O)=C([N+](=O)[O-])C(c1ccoc1)C2. The molecule has 0 saturated heterocycles. The van der Waals surface area contributed by atoms with E-state index in [0.717, 1.165) is 4.68 Å². The zero-order valence-corrected chi connectivity index (χ0v) is 14.3. The minimum absolute atomic E-state index is 0.0317. The summed E-state index contributed by atoms with van der Waals surface area (Å²) in [6.45, 7) is 0. The first kappa shape index (κ1) is 17.2. The number of fused-ring (bicyclic) bond motifs is 1. The average Bonchev–Trinajstić information content (AvgIpc) is 3.22. The van der Waals surface area contributed by atoms with E-state index in [1.54, 1.807) is 30.3 Å². The molecule has 1 N–H and O–H groups in total. The number of nitro groups is 1. The summed E-state index contributed by atoms with van der Waals surface area (Å²) in [5.74, 6) is -1.54. The molecule has 0 bridgehead atoms. The summed E-state index contributed by atoms with van der Waals surface area (Å²) < 4.78 is 5.96. The smallest absolute Gasteiger partial charge is 0.297 e. The number of nitriles is 1. The number of allylic oxidation sites excluding steroid dienone is 1. The molecule has 1 atom stereocenters. The van der Waals surface area contributed by atoms with Gasteiger partial charge in [0, 0.05) is 11.1 Å². The summed E-state index contributed by atoms with van der Waals surface area (Å²) in [7, 11) is 0. The Hall–Kier alpha value is -4.19. The molecular formula is C19H12N4O5. The third-order valence-electron chi connectivity index (χ3n) is 4.65. The van der Waals surface area contributed by atoms with Crippen molar-refractivity contribution in [2.45, 2.75) is 12.3 Å². The zero-order chi connectivity index (χ0) is 19.8. The normalized spacial score (nSPS) is 15.8. The standard InChI is InChI=1S/C19H12N4O5/c20-9-15-14-8-13(11-6-7-28-10-11)17(23(26)27)18(24)16(14)21-22(19(15)25)12-4-2-1-3-5-12/h1-7,10,13,24H,8H2. The Morgan fingerprint density at radius 1 is 1.32 bits per heavy atom. The van der Waals surface area contributed by atoms with Crippen molar-refractivity contribution in [3.8, 4) is 11.8 Å². The van der Waals surface area contributed by atoms with Gasteiger partial charge in [0.25, 0.3) is 11.3 Å². The summed E-state index contributed by atoms with van der Waals surface area (Å²) in [5, 5.41) is 36.0. The first-order valence-electron chi connectivity index (χ1n) is 8.24. The van der Waals surface area contributed by atoms with Crippen molar-refractivity contribution in [2.75, 3.05) is 0 Å². The Morgan fingerprint density at radius 3 is 2.68 bits per heavy atom. The van der Waals surface area contributed by atoms with E-state index in [1.165, 1.54) is 18.6 Å². The molecule has 0 aliphatic heterocycles. The molecule has 0 fully saturated rings. The van der Waals surface area contributed by atoms with E-state index in [2.05, 4.69) is 5.10 Å². The summed E-state index contributed by atoms with van der Waals surface area (Å²) in [6, 6.07) is 11.7. The lowest BCUT2D eigenvalue weighted by molar-refractivity contribution is -0.430. The van der Waals surface area contributed by atoms with E-state index in [4.69, 9.17) is 4.42 Å². The lowest BCUT2D eigenvalue weighted by Crippen LogP contribution is -2.31.